The molecule has 3 nitrogen and oxygen atoms in total. The molecule has 3 N–H and O–H groups in total. The van der Waals surface area contributed by atoms with Crippen molar-refractivity contribution >= 4 is 28.6 Å². The zero-order valence-electron chi connectivity index (χ0n) is 7.94. The van der Waals surface area contributed by atoms with Crippen molar-refractivity contribution in [1.29, 1.82) is 0 Å². The number of nitrogen functional groups attached to an aromatic ring is 1. The fourth-order valence-corrected chi connectivity index (χ4v) is 1.82. The molecule has 0 atom stereocenters. The number of anilines is 2. The average Bonchev–Trinajstić information content (AvgIpc) is 2.74. The number of para-hydroxylation sites is 2. The van der Waals surface area contributed by atoms with Crippen LogP contribution in [0.3, 0.4) is 0 Å². The van der Waals surface area contributed by atoms with Crippen LogP contribution < -0.4 is 11.1 Å². The second kappa shape index (κ2) is 4.14. The molecule has 4 heteroatoms. The van der Waals surface area contributed by atoms with Gasteiger partial charge in [-0.2, -0.15) is 0 Å². The molecule has 2 rings (SSSR count). The first-order valence-electron chi connectivity index (χ1n) is 4.47. The van der Waals surface area contributed by atoms with Gasteiger partial charge >= 0.3 is 0 Å². The van der Waals surface area contributed by atoms with Crippen LogP contribution in [-0.4, -0.2) is 5.91 Å². The predicted octanol–water partition coefficient (Wildman–Crippen LogP) is 2.58. The van der Waals surface area contributed by atoms with Crippen LogP contribution in [0, 0.1) is 0 Å². The molecule has 0 saturated heterocycles. The summed E-state index contributed by atoms with van der Waals surface area (Å²) in [5, 5.41) is 4.62. The van der Waals surface area contributed by atoms with Gasteiger partial charge in [0.1, 0.15) is 0 Å². The molecule has 1 aromatic carbocycles. The Balaban J connectivity index is 2.17. The Labute approximate surface area is 91.5 Å². The zero-order valence-corrected chi connectivity index (χ0v) is 8.75. The summed E-state index contributed by atoms with van der Waals surface area (Å²) in [5.74, 6) is -0.122. The molecule has 0 saturated carbocycles. The summed E-state index contributed by atoms with van der Waals surface area (Å²) in [7, 11) is 0. The minimum atomic E-state index is -0.122. The van der Waals surface area contributed by atoms with Gasteiger partial charge in [-0.15, -0.1) is 11.3 Å². The van der Waals surface area contributed by atoms with Crippen molar-refractivity contribution in [3.05, 3.63) is 46.7 Å². The highest BCUT2D eigenvalue weighted by Gasteiger charge is 2.07. The minimum absolute atomic E-state index is 0.122. The Morgan fingerprint density at radius 2 is 2.00 bits per heavy atom. The van der Waals surface area contributed by atoms with Crippen LogP contribution in [0.1, 0.15) is 9.67 Å². The van der Waals surface area contributed by atoms with E-state index in [0.717, 1.165) is 0 Å². The third-order valence-electron chi connectivity index (χ3n) is 1.95. The molecule has 1 heterocycles. The highest BCUT2D eigenvalue weighted by atomic mass is 32.1. The predicted molar refractivity (Wildman–Crippen MR) is 63.1 cm³/mol. The van der Waals surface area contributed by atoms with E-state index in [-0.39, 0.29) is 5.91 Å². The molecular formula is C11H10N2OS. The summed E-state index contributed by atoms with van der Waals surface area (Å²) >= 11 is 1.40. The van der Waals surface area contributed by atoms with Crippen molar-refractivity contribution in [3.8, 4) is 0 Å². The van der Waals surface area contributed by atoms with Crippen LogP contribution in [0.5, 0.6) is 0 Å². The molecule has 1 aromatic heterocycles. The number of carbonyl (C=O) groups excluding carboxylic acids is 1. The zero-order chi connectivity index (χ0) is 10.7. The average molecular weight is 218 g/mol. The summed E-state index contributed by atoms with van der Waals surface area (Å²) in [5.41, 5.74) is 6.93. The van der Waals surface area contributed by atoms with Gasteiger partial charge in [0.15, 0.2) is 0 Å². The van der Waals surface area contributed by atoms with Crippen molar-refractivity contribution in [2.75, 3.05) is 11.1 Å². The fourth-order valence-electron chi connectivity index (χ4n) is 1.20. The lowest BCUT2D eigenvalue weighted by Crippen LogP contribution is -2.11. The van der Waals surface area contributed by atoms with E-state index in [9.17, 15) is 4.79 Å². The molecule has 0 aliphatic rings. The maximum absolute atomic E-state index is 11.7. The van der Waals surface area contributed by atoms with E-state index in [1.165, 1.54) is 11.3 Å². The Hall–Kier alpha value is -1.81. The van der Waals surface area contributed by atoms with Gasteiger partial charge in [-0.3, -0.25) is 4.79 Å². The Morgan fingerprint density at radius 3 is 2.67 bits per heavy atom. The van der Waals surface area contributed by atoms with Gasteiger partial charge in [-0.1, -0.05) is 18.2 Å². The van der Waals surface area contributed by atoms with Crippen molar-refractivity contribution in [2.45, 2.75) is 0 Å². The highest BCUT2D eigenvalue weighted by molar-refractivity contribution is 7.12. The van der Waals surface area contributed by atoms with Crippen LogP contribution in [0.25, 0.3) is 0 Å². The van der Waals surface area contributed by atoms with Crippen molar-refractivity contribution in [3.63, 3.8) is 0 Å². The number of nitrogens with two attached hydrogens (primary N) is 1. The fraction of sp³-hybridized carbons (Fsp3) is 0. The van der Waals surface area contributed by atoms with Crippen LogP contribution >= 0.6 is 11.3 Å². The summed E-state index contributed by atoms with van der Waals surface area (Å²) < 4.78 is 0. The number of carbonyl (C=O) groups is 1. The molecule has 0 fully saturated rings. The molecule has 0 spiro atoms. The van der Waals surface area contributed by atoms with E-state index >= 15 is 0 Å². The van der Waals surface area contributed by atoms with Gasteiger partial charge in [0.2, 0.25) is 0 Å². The molecule has 15 heavy (non-hydrogen) atoms. The van der Waals surface area contributed by atoms with E-state index in [1.54, 1.807) is 18.2 Å². The second-order valence-corrected chi connectivity index (χ2v) is 3.97. The first kappa shape index (κ1) is 9.73. The van der Waals surface area contributed by atoms with Gasteiger partial charge in [0, 0.05) is 0 Å². The largest absolute Gasteiger partial charge is 0.397 e. The monoisotopic (exact) mass is 218 g/mol. The molecule has 76 valence electrons. The number of nitrogens with one attached hydrogen (secondary N) is 1. The molecule has 0 aliphatic heterocycles. The maximum Gasteiger partial charge on any atom is 0.265 e. The standard InChI is InChI=1S/C11H10N2OS/c12-8-4-1-2-5-9(8)13-11(14)10-6-3-7-15-10/h1-7H,12H2,(H,13,14). The molecule has 1 amide bonds. The van der Waals surface area contributed by atoms with Crippen LogP contribution in [-0.2, 0) is 0 Å². The first-order chi connectivity index (χ1) is 7.27. The molecule has 0 unspecified atom stereocenters. The van der Waals surface area contributed by atoms with E-state index < -0.39 is 0 Å². The van der Waals surface area contributed by atoms with Gasteiger partial charge < -0.3 is 11.1 Å². The molecule has 2 aromatic rings. The van der Waals surface area contributed by atoms with E-state index in [0.29, 0.717) is 16.3 Å². The molecule has 0 bridgehead atoms. The Bertz CT molecular complexity index is 465. The summed E-state index contributed by atoms with van der Waals surface area (Å²) in [6.07, 6.45) is 0. The second-order valence-electron chi connectivity index (χ2n) is 3.02. The topological polar surface area (TPSA) is 55.1 Å². The molecule has 0 aliphatic carbocycles. The van der Waals surface area contributed by atoms with Gasteiger partial charge in [-0.25, -0.2) is 0 Å². The number of hydrogen-bond donors (Lipinski definition) is 2. The lowest BCUT2D eigenvalue weighted by Gasteiger charge is -2.05. The maximum atomic E-state index is 11.7. The van der Waals surface area contributed by atoms with Gasteiger partial charge in [0.25, 0.3) is 5.91 Å². The third-order valence-corrected chi connectivity index (χ3v) is 2.82. The third kappa shape index (κ3) is 2.16. The summed E-state index contributed by atoms with van der Waals surface area (Å²) in [4.78, 5) is 12.4. The van der Waals surface area contributed by atoms with E-state index in [1.807, 2.05) is 23.6 Å². The number of hydrogen-bond acceptors (Lipinski definition) is 3. The van der Waals surface area contributed by atoms with Crippen LogP contribution in [0.4, 0.5) is 11.4 Å². The van der Waals surface area contributed by atoms with E-state index in [4.69, 9.17) is 5.73 Å². The molecule has 0 radical (unpaired) electrons. The van der Waals surface area contributed by atoms with Crippen molar-refractivity contribution in [2.24, 2.45) is 0 Å². The smallest absolute Gasteiger partial charge is 0.265 e. The highest BCUT2D eigenvalue weighted by Crippen LogP contribution is 2.18. The van der Waals surface area contributed by atoms with E-state index in [2.05, 4.69) is 5.32 Å². The van der Waals surface area contributed by atoms with Gasteiger partial charge in [-0.05, 0) is 23.6 Å². The molecular weight excluding hydrogens is 208 g/mol. The SMILES string of the molecule is Nc1ccccc1NC(=O)c1cccs1. The van der Waals surface area contributed by atoms with Gasteiger partial charge in [0.05, 0.1) is 16.3 Å². The van der Waals surface area contributed by atoms with Crippen LogP contribution in [0.2, 0.25) is 0 Å². The summed E-state index contributed by atoms with van der Waals surface area (Å²) in [6, 6.07) is 10.8. The number of benzene rings is 1. The van der Waals surface area contributed by atoms with Crippen LogP contribution in [0.15, 0.2) is 41.8 Å². The Kier molecular flexibility index (Phi) is 2.69. The number of rotatable bonds is 2. The Morgan fingerprint density at radius 1 is 1.20 bits per heavy atom. The first-order valence-corrected chi connectivity index (χ1v) is 5.34. The lowest BCUT2D eigenvalue weighted by molar-refractivity contribution is 0.103. The lowest BCUT2D eigenvalue weighted by atomic mass is 10.2. The quantitative estimate of drug-likeness (QED) is 0.761. The number of amides is 1. The van der Waals surface area contributed by atoms with Crippen molar-refractivity contribution < 1.29 is 4.79 Å². The van der Waals surface area contributed by atoms with Crippen molar-refractivity contribution in [1.82, 2.24) is 0 Å². The minimum Gasteiger partial charge on any atom is -0.397 e. The normalized spacial score (nSPS) is 9.87. The number of thiophene rings is 1. The summed E-state index contributed by atoms with van der Waals surface area (Å²) in [6.45, 7) is 0.